The summed E-state index contributed by atoms with van der Waals surface area (Å²) >= 11 is 0. The maximum absolute atomic E-state index is 5.75. The van der Waals surface area contributed by atoms with Gasteiger partial charge in [0.2, 0.25) is 0 Å². The number of para-hydroxylation sites is 1. The third-order valence-corrected chi connectivity index (χ3v) is 3.62. The van der Waals surface area contributed by atoms with E-state index in [9.17, 15) is 0 Å². The van der Waals surface area contributed by atoms with Gasteiger partial charge in [-0.2, -0.15) is 0 Å². The lowest BCUT2D eigenvalue weighted by Crippen LogP contribution is -2.41. The van der Waals surface area contributed by atoms with E-state index in [1.165, 1.54) is 0 Å². The first-order valence-electron chi connectivity index (χ1n) is 7.15. The van der Waals surface area contributed by atoms with Crippen LogP contribution >= 0.6 is 0 Å². The molecule has 114 valence electrons. The highest BCUT2D eigenvalue weighted by atomic mass is 16.5. The number of nitrogens with zero attached hydrogens (tertiary/aromatic N) is 3. The van der Waals surface area contributed by atoms with Crippen LogP contribution in [-0.2, 0) is 4.74 Å². The molecule has 0 aliphatic heterocycles. The lowest BCUT2D eigenvalue weighted by molar-refractivity contribution is -0.0117. The number of likely N-dealkylation sites (N-methyl/N-ethyl adjacent to an activating group) is 1. The van der Waals surface area contributed by atoms with Crippen molar-refractivity contribution in [1.29, 1.82) is 0 Å². The molecule has 2 aromatic rings. The van der Waals surface area contributed by atoms with E-state index < -0.39 is 0 Å². The zero-order chi connectivity index (χ0) is 15.5. The lowest BCUT2D eigenvalue weighted by atomic mass is 9.83. The summed E-state index contributed by atoms with van der Waals surface area (Å²) in [6.45, 7) is 6.51. The molecule has 1 heterocycles. The number of hydrogen-bond acceptors (Lipinski definition) is 4. The van der Waals surface area contributed by atoms with E-state index >= 15 is 0 Å². The average Bonchev–Trinajstić information content (AvgIpc) is 2.93. The predicted molar refractivity (Wildman–Crippen MR) is 83.4 cm³/mol. The Labute approximate surface area is 126 Å². The number of hydrogen-bond donors (Lipinski definition) is 1. The number of benzene rings is 1. The van der Waals surface area contributed by atoms with Crippen molar-refractivity contribution in [3.05, 3.63) is 42.2 Å². The molecule has 0 aliphatic carbocycles. The summed E-state index contributed by atoms with van der Waals surface area (Å²) in [7, 11) is 3.68. The maximum atomic E-state index is 5.75. The number of nitrogens with one attached hydrogen (secondary N) is 1. The fourth-order valence-electron chi connectivity index (χ4n) is 2.67. The Morgan fingerprint density at radius 1 is 1.19 bits per heavy atom. The van der Waals surface area contributed by atoms with E-state index in [1.807, 2.05) is 42.1 Å². The standard InChI is InChI=1S/C16H24N4O/c1-16(2,3)15(21-5)14(17-4)13-11-18-19-20(13)12-9-7-6-8-10-12/h6-11,14-15,17H,1-5H3. The first-order valence-corrected chi connectivity index (χ1v) is 7.15. The van der Waals surface area contributed by atoms with E-state index in [-0.39, 0.29) is 17.6 Å². The molecular formula is C16H24N4O. The minimum atomic E-state index is -0.00574. The van der Waals surface area contributed by atoms with Crippen molar-refractivity contribution in [2.24, 2.45) is 5.41 Å². The molecule has 0 bridgehead atoms. The number of rotatable bonds is 5. The minimum absolute atomic E-state index is 0.00321. The normalized spacial score (nSPS) is 14.9. The Hall–Kier alpha value is -1.72. The Morgan fingerprint density at radius 3 is 2.38 bits per heavy atom. The molecule has 0 radical (unpaired) electrons. The van der Waals surface area contributed by atoms with Crippen molar-refractivity contribution in [2.45, 2.75) is 32.9 Å². The monoisotopic (exact) mass is 288 g/mol. The van der Waals surface area contributed by atoms with E-state index in [4.69, 9.17) is 4.74 Å². The fourth-order valence-corrected chi connectivity index (χ4v) is 2.67. The van der Waals surface area contributed by atoms with E-state index in [0.717, 1.165) is 11.4 Å². The summed E-state index contributed by atoms with van der Waals surface area (Å²) in [6, 6.07) is 10.0. The van der Waals surface area contributed by atoms with Crippen LogP contribution in [0.15, 0.2) is 36.5 Å². The molecule has 0 fully saturated rings. The molecular weight excluding hydrogens is 264 g/mol. The minimum Gasteiger partial charge on any atom is -0.379 e. The van der Waals surface area contributed by atoms with Crippen LogP contribution in [0.3, 0.4) is 0 Å². The largest absolute Gasteiger partial charge is 0.379 e. The Kier molecular flexibility index (Phi) is 4.75. The highest BCUT2D eigenvalue weighted by Crippen LogP contribution is 2.32. The molecule has 0 spiro atoms. The third-order valence-electron chi connectivity index (χ3n) is 3.62. The van der Waals surface area contributed by atoms with E-state index in [1.54, 1.807) is 13.3 Å². The molecule has 0 saturated heterocycles. The van der Waals surface area contributed by atoms with Crippen molar-refractivity contribution >= 4 is 0 Å². The first kappa shape index (κ1) is 15.7. The molecule has 2 atom stereocenters. The highest BCUT2D eigenvalue weighted by molar-refractivity contribution is 5.32. The van der Waals surface area contributed by atoms with Crippen LogP contribution in [0.2, 0.25) is 0 Å². The Bertz CT molecular complexity index is 559. The van der Waals surface area contributed by atoms with Gasteiger partial charge in [-0.15, -0.1) is 5.10 Å². The van der Waals surface area contributed by atoms with Crippen LogP contribution in [0.5, 0.6) is 0 Å². The summed E-state index contributed by atoms with van der Waals surface area (Å²) in [5.41, 5.74) is 1.98. The Morgan fingerprint density at radius 2 is 1.86 bits per heavy atom. The van der Waals surface area contributed by atoms with Crippen LogP contribution in [0, 0.1) is 5.41 Å². The molecule has 0 aliphatic rings. The second-order valence-electron chi connectivity index (χ2n) is 6.19. The molecule has 0 saturated carbocycles. The van der Waals surface area contributed by atoms with Gasteiger partial charge >= 0.3 is 0 Å². The maximum Gasteiger partial charge on any atom is 0.0841 e. The zero-order valence-corrected chi connectivity index (χ0v) is 13.4. The quantitative estimate of drug-likeness (QED) is 0.919. The van der Waals surface area contributed by atoms with Crippen LogP contribution in [0.4, 0.5) is 0 Å². The predicted octanol–water partition coefficient (Wildman–Crippen LogP) is 2.59. The number of aromatic nitrogens is 3. The van der Waals surface area contributed by atoms with E-state index in [0.29, 0.717) is 0 Å². The lowest BCUT2D eigenvalue weighted by Gasteiger charge is -2.35. The van der Waals surface area contributed by atoms with Crippen LogP contribution < -0.4 is 5.32 Å². The van der Waals surface area contributed by atoms with Crippen LogP contribution in [0.1, 0.15) is 32.5 Å². The third kappa shape index (κ3) is 3.31. The smallest absolute Gasteiger partial charge is 0.0841 e. The van der Waals surface area contributed by atoms with Gasteiger partial charge in [-0.1, -0.05) is 44.2 Å². The molecule has 1 aromatic carbocycles. The Balaban J connectivity index is 2.43. The average molecular weight is 288 g/mol. The van der Waals surface area contributed by atoms with Crippen molar-refractivity contribution in [3.8, 4) is 5.69 Å². The second kappa shape index (κ2) is 6.37. The van der Waals surface area contributed by atoms with Crippen LogP contribution in [0.25, 0.3) is 5.69 Å². The zero-order valence-electron chi connectivity index (χ0n) is 13.4. The summed E-state index contributed by atoms with van der Waals surface area (Å²) < 4.78 is 7.61. The molecule has 1 N–H and O–H groups in total. The highest BCUT2D eigenvalue weighted by Gasteiger charge is 2.34. The molecule has 0 amide bonds. The summed E-state index contributed by atoms with van der Waals surface area (Å²) in [5.74, 6) is 0. The molecule has 1 aromatic heterocycles. The molecule has 21 heavy (non-hydrogen) atoms. The van der Waals surface area contributed by atoms with Gasteiger partial charge in [0.25, 0.3) is 0 Å². The molecule has 2 unspecified atom stereocenters. The second-order valence-corrected chi connectivity index (χ2v) is 6.19. The van der Waals surface area contributed by atoms with Crippen molar-refractivity contribution in [1.82, 2.24) is 20.3 Å². The first-order chi connectivity index (χ1) is 9.99. The summed E-state index contributed by atoms with van der Waals surface area (Å²) in [4.78, 5) is 0. The van der Waals surface area contributed by atoms with Gasteiger partial charge in [-0.3, -0.25) is 0 Å². The SMILES string of the molecule is CNC(c1cnnn1-c1ccccc1)C(OC)C(C)(C)C. The molecule has 5 heteroatoms. The molecule has 2 rings (SSSR count). The van der Waals surface area contributed by atoms with Gasteiger partial charge in [0.05, 0.1) is 29.7 Å². The number of methoxy groups -OCH3 is 1. The topological polar surface area (TPSA) is 52.0 Å². The fraction of sp³-hybridized carbons (Fsp3) is 0.500. The van der Waals surface area contributed by atoms with Gasteiger partial charge in [-0.05, 0) is 24.6 Å². The summed E-state index contributed by atoms with van der Waals surface area (Å²) in [5, 5.41) is 11.7. The van der Waals surface area contributed by atoms with Crippen molar-refractivity contribution < 1.29 is 4.74 Å². The summed E-state index contributed by atoms with van der Waals surface area (Å²) in [6.07, 6.45) is 1.80. The van der Waals surface area contributed by atoms with Crippen molar-refractivity contribution in [2.75, 3.05) is 14.2 Å². The van der Waals surface area contributed by atoms with Crippen LogP contribution in [-0.4, -0.2) is 35.3 Å². The number of ether oxygens (including phenoxy) is 1. The van der Waals surface area contributed by atoms with Crippen molar-refractivity contribution in [3.63, 3.8) is 0 Å². The van der Waals surface area contributed by atoms with Gasteiger partial charge in [-0.25, -0.2) is 4.68 Å². The van der Waals surface area contributed by atoms with E-state index in [2.05, 4.69) is 36.4 Å². The molecule has 5 nitrogen and oxygen atoms in total. The van der Waals surface area contributed by atoms with Gasteiger partial charge in [0.1, 0.15) is 0 Å². The van der Waals surface area contributed by atoms with Gasteiger partial charge < -0.3 is 10.1 Å². The van der Waals surface area contributed by atoms with Gasteiger partial charge in [0.15, 0.2) is 0 Å². The van der Waals surface area contributed by atoms with Gasteiger partial charge in [0, 0.05) is 7.11 Å².